The summed E-state index contributed by atoms with van der Waals surface area (Å²) in [5.41, 5.74) is 2.38. The molecule has 0 aromatic heterocycles. The zero-order valence-electron chi connectivity index (χ0n) is 10.3. The summed E-state index contributed by atoms with van der Waals surface area (Å²) >= 11 is 6.14. The van der Waals surface area contributed by atoms with Crippen LogP contribution in [-0.2, 0) is 11.2 Å². The van der Waals surface area contributed by atoms with Gasteiger partial charge >= 0.3 is 0 Å². The van der Waals surface area contributed by atoms with Crippen molar-refractivity contribution in [1.29, 1.82) is 0 Å². The van der Waals surface area contributed by atoms with Crippen LogP contribution in [0.5, 0.6) is 0 Å². The van der Waals surface area contributed by atoms with Crippen LogP contribution >= 0.6 is 11.6 Å². The van der Waals surface area contributed by atoms with E-state index in [0.717, 1.165) is 23.4 Å². The van der Waals surface area contributed by atoms with E-state index < -0.39 is 0 Å². The van der Waals surface area contributed by atoms with Crippen LogP contribution in [0.15, 0.2) is 35.9 Å². The van der Waals surface area contributed by atoms with Crippen molar-refractivity contribution in [3.8, 4) is 0 Å². The average Bonchev–Trinajstić information content (AvgIpc) is 2.18. The van der Waals surface area contributed by atoms with E-state index >= 15 is 0 Å². The fourth-order valence-corrected chi connectivity index (χ4v) is 2.68. The van der Waals surface area contributed by atoms with Gasteiger partial charge in [-0.3, -0.25) is 4.79 Å². The molecule has 0 heterocycles. The van der Waals surface area contributed by atoms with Crippen LogP contribution in [0.2, 0.25) is 5.02 Å². The molecule has 1 nitrogen and oxygen atoms in total. The topological polar surface area (TPSA) is 17.1 Å². The molecule has 1 aromatic rings. The van der Waals surface area contributed by atoms with Gasteiger partial charge in [-0.15, -0.1) is 0 Å². The van der Waals surface area contributed by atoms with Gasteiger partial charge in [-0.25, -0.2) is 0 Å². The van der Waals surface area contributed by atoms with E-state index in [-0.39, 0.29) is 11.2 Å². The highest BCUT2D eigenvalue weighted by atomic mass is 35.5. The number of carbonyl (C=O) groups excluding carboxylic acids is 1. The van der Waals surface area contributed by atoms with E-state index in [1.165, 1.54) is 5.57 Å². The number of carbonyl (C=O) groups is 1. The summed E-state index contributed by atoms with van der Waals surface area (Å²) in [7, 11) is 0. The summed E-state index contributed by atoms with van der Waals surface area (Å²) in [6.07, 6.45) is 4.21. The number of hydrogen-bond donors (Lipinski definition) is 0. The van der Waals surface area contributed by atoms with Crippen LogP contribution < -0.4 is 0 Å². The van der Waals surface area contributed by atoms with Gasteiger partial charge in [-0.2, -0.15) is 0 Å². The lowest BCUT2D eigenvalue weighted by Gasteiger charge is -2.29. The Bertz CT molecular complexity index is 472. The van der Waals surface area contributed by atoms with E-state index in [4.69, 9.17) is 11.6 Å². The molecule has 0 saturated heterocycles. The third-order valence-electron chi connectivity index (χ3n) is 3.10. The number of allylic oxidation sites excluding steroid dienone is 2. The van der Waals surface area contributed by atoms with Crippen molar-refractivity contribution >= 4 is 17.4 Å². The minimum atomic E-state index is 0.0857. The van der Waals surface area contributed by atoms with Crippen LogP contribution in [-0.4, -0.2) is 5.78 Å². The molecule has 2 rings (SSSR count). The third-order valence-corrected chi connectivity index (χ3v) is 3.47. The number of rotatable bonds is 2. The first kappa shape index (κ1) is 12.4. The van der Waals surface area contributed by atoms with Crippen LogP contribution in [0.4, 0.5) is 0 Å². The Morgan fingerprint density at radius 3 is 2.59 bits per heavy atom. The van der Waals surface area contributed by atoms with Gasteiger partial charge in [0.25, 0.3) is 0 Å². The molecule has 0 unspecified atom stereocenters. The Hall–Kier alpha value is -1.08. The fraction of sp³-hybridized carbons (Fsp3) is 0.400. The Morgan fingerprint density at radius 2 is 1.94 bits per heavy atom. The van der Waals surface area contributed by atoms with Crippen molar-refractivity contribution in [3.63, 3.8) is 0 Å². The first-order valence-corrected chi connectivity index (χ1v) is 6.30. The van der Waals surface area contributed by atoms with Gasteiger partial charge in [0.1, 0.15) is 0 Å². The molecule has 0 radical (unpaired) electrons. The maximum absolute atomic E-state index is 11.7. The van der Waals surface area contributed by atoms with Crippen LogP contribution in [0.25, 0.3) is 0 Å². The summed E-state index contributed by atoms with van der Waals surface area (Å²) in [5, 5.41) is 0.782. The minimum Gasteiger partial charge on any atom is -0.295 e. The van der Waals surface area contributed by atoms with E-state index in [9.17, 15) is 4.79 Å². The van der Waals surface area contributed by atoms with Crippen LogP contribution in [0.1, 0.15) is 32.3 Å². The SMILES string of the molecule is CC1(C)CC(=O)C=C(Cc2ccccc2Cl)C1. The predicted octanol–water partition coefficient (Wildman–Crippen LogP) is 4.20. The maximum Gasteiger partial charge on any atom is 0.156 e. The van der Waals surface area contributed by atoms with E-state index in [2.05, 4.69) is 13.8 Å². The van der Waals surface area contributed by atoms with Gasteiger partial charge in [0, 0.05) is 11.4 Å². The van der Waals surface area contributed by atoms with Crippen LogP contribution in [0.3, 0.4) is 0 Å². The lowest BCUT2D eigenvalue weighted by atomic mass is 9.75. The van der Waals surface area contributed by atoms with Crippen molar-refractivity contribution in [2.24, 2.45) is 5.41 Å². The molecule has 0 fully saturated rings. The van der Waals surface area contributed by atoms with E-state index in [0.29, 0.717) is 6.42 Å². The molecular weight excluding hydrogens is 232 g/mol. The molecule has 0 aliphatic heterocycles. The van der Waals surface area contributed by atoms with Crippen molar-refractivity contribution < 1.29 is 4.79 Å². The minimum absolute atomic E-state index is 0.0857. The highest BCUT2D eigenvalue weighted by Crippen LogP contribution is 2.35. The molecule has 90 valence electrons. The summed E-state index contributed by atoms with van der Waals surface area (Å²) in [6.45, 7) is 4.29. The molecule has 0 bridgehead atoms. The number of halogens is 1. The van der Waals surface area contributed by atoms with E-state index in [1.807, 2.05) is 24.3 Å². The quantitative estimate of drug-likeness (QED) is 0.767. The molecular formula is C15H17ClO. The highest BCUT2D eigenvalue weighted by Gasteiger charge is 2.27. The lowest BCUT2D eigenvalue weighted by molar-refractivity contribution is -0.117. The van der Waals surface area contributed by atoms with Gasteiger partial charge < -0.3 is 0 Å². The second kappa shape index (κ2) is 4.66. The molecule has 0 atom stereocenters. The Morgan fingerprint density at radius 1 is 1.24 bits per heavy atom. The zero-order chi connectivity index (χ0) is 12.5. The Kier molecular flexibility index (Phi) is 3.39. The van der Waals surface area contributed by atoms with Gasteiger partial charge in [-0.1, -0.05) is 49.2 Å². The lowest BCUT2D eigenvalue weighted by Crippen LogP contribution is -2.22. The van der Waals surface area contributed by atoms with Crippen molar-refractivity contribution in [1.82, 2.24) is 0 Å². The monoisotopic (exact) mass is 248 g/mol. The molecule has 17 heavy (non-hydrogen) atoms. The van der Waals surface area contributed by atoms with Gasteiger partial charge in [0.15, 0.2) is 5.78 Å². The van der Waals surface area contributed by atoms with Gasteiger partial charge in [0.05, 0.1) is 0 Å². The van der Waals surface area contributed by atoms with Crippen molar-refractivity contribution in [3.05, 3.63) is 46.5 Å². The normalized spacial score (nSPS) is 19.0. The predicted molar refractivity (Wildman–Crippen MR) is 71.3 cm³/mol. The fourth-order valence-electron chi connectivity index (χ4n) is 2.48. The molecule has 0 N–H and O–H groups in total. The largest absolute Gasteiger partial charge is 0.295 e. The number of ketones is 1. The van der Waals surface area contributed by atoms with Gasteiger partial charge in [-0.05, 0) is 36.0 Å². The van der Waals surface area contributed by atoms with Crippen molar-refractivity contribution in [2.45, 2.75) is 33.1 Å². The van der Waals surface area contributed by atoms with E-state index in [1.54, 1.807) is 6.08 Å². The highest BCUT2D eigenvalue weighted by molar-refractivity contribution is 6.31. The second-order valence-electron chi connectivity index (χ2n) is 5.55. The average molecular weight is 249 g/mol. The van der Waals surface area contributed by atoms with Crippen molar-refractivity contribution in [2.75, 3.05) is 0 Å². The summed E-state index contributed by atoms with van der Waals surface area (Å²) in [4.78, 5) is 11.7. The molecule has 2 heteroatoms. The molecule has 0 spiro atoms. The Balaban J connectivity index is 2.20. The Labute approximate surface area is 107 Å². The van der Waals surface area contributed by atoms with Gasteiger partial charge in [0.2, 0.25) is 0 Å². The molecule has 0 saturated carbocycles. The molecule has 1 aromatic carbocycles. The molecule has 0 amide bonds. The number of hydrogen-bond acceptors (Lipinski definition) is 1. The van der Waals surface area contributed by atoms with Crippen LogP contribution in [0, 0.1) is 5.41 Å². The molecule has 1 aliphatic rings. The third kappa shape index (κ3) is 3.19. The summed E-state index contributed by atoms with van der Waals surface area (Å²) in [5.74, 6) is 0.239. The summed E-state index contributed by atoms with van der Waals surface area (Å²) < 4.78 is 0. The first-order chi connectivity index (χ1) is 7.96. The molecule has 1 aliphatic carbocycles. The standard InChI is InChI=1S/C15H17ClO/c1-15(2)9-11(8-13(17)10-15)7-12-5-3-4-6-14(12)16/h3-6,8H,7,9-10H2,1-2H3. The zero-order valence-corrected chi connectivity index (χ0v) is 11.1. The second-order valence-corrected chi connectivity index (χ2v) is 5.96. The maximum atomic E-state index is 11.7. The number of benzene rings is 1. The summed E-state index contributed by atoms with van der Waals surface area (Å²) in [6, 6.07) is 7.83. The first-order valence-electron chi connectivity index (χ1n) is 5.92. The smallest absolute Gasteiger partial charge is 0.156 e.